The van der Waals surface area contributed by atoms with Crippen molar-refractivity contribution < 1.29 is 4.39 Å². The van der Waals surface area contributed by atoms with Crippen molar-refractivity contribution in [3.63, 3.8) is 0 Å². The summed E-state index contributed by atoms with van der Waals surface area (Å²) >= 11 is 2.86. The summed E-state index contributed by atoms with van der Waals surface area (Å²) in [5.41, 5.74) is 1.60. The Morgan fingerprint density at radius 2 is 1.92 bits per heavy atom. The highest BCUT2D eigenvalue weighted by Crippen LogP contribution is 2.35. The van der Waals surface area contributed by atoms with Crippen molar-refractivity contribution in [2.24, 2.45) is 0 Å². The van der Waals surface area contributed by atoms with Gasteiger partial charge in [0.2, 0.25) is 10.1 Å². The minimum atomic E-state index is -0.341. The Balaban J connectivity index is 1.73. The van der Waals surface area contributed by atoms with Crippen molar-refractivity contribution in [1.29, 1.82) is 0 Å². The van der Waals surface area contributed by atoms with Gasteiger partial charge in [0, 0.05) is 0 Å². The molecule has 8 heteroatoms. The Bertz CT molecular complexity index is 1210. The smallest absolute Gasteiger partial charge is 0.217 e. The minimum Gasteiger partial charge on any atom is -0.260 e. The first-order chi connectivity index (χ1) is 11.8. The molecular formula is C16H8FN5S2. The van der Waals surface area contributed by atoms with Crippen LogP contribution >= 0.6 is 23.1 Å². The quantitative estimate of drug-likeness (QED) is 0.446. The molecule has 0 aliphatic carbocycles. The van der Waals surface area contributed by atoms with Gasteiger partial charge in [-0.15, -0.1) is 10.2 Å². The average molecular weight is 353 g/mol. The van der Waals surface area contributed by atoms with E-state index in [1.165, 1.54) is 24.2 Å². The second-order valence-corrected chi connectivity index (χ2v) is 7.05. The van der Waals surface area contributed by atoms with E-state index >= 15 is 0 Å². The van der Waals surface area contributed by atoms with Crippen LogP contribution in [-0.4, -0.2) is 24.6 Å². The molecule has 0 aliphatic rings. The van der Waals surface area contributed by atoms with Gasteiger partial charge < -0.3 is 0 Å². The van der Waals surface area contributed by atoms with Crippen molar-refractivity contribution in [1.82, 2.24) is 24.6 Å². The maximum Gasteiger partial charge on any atom is 0.217 e. The molecule has 0 saturated heterocycles. The molecule has 3 heterocycles. The zero-order valence-electron chi connectivity index (χ0n) is 12.0. The number of nitrogens with zero attached hydrogens (tertiary/aromatic N) is 5. The van der Waals surface area contributed by atoms with Gasteiger partial charge in [-0.1, -0.05) is 29.5 Å². The third-order valence-electron chi connectivity index (χ3n) is 3.68. The molecule has 0 atom stereocenters. The van der Waals surface area contributed by atoms with E-state index in [1.54, 1.807) is 23.5 Å². The van der Waals surface area contributed by atoms with Crippen molar-refractivity contribution in [3.8, 4) is 0 Å². The molecule has 5 aromatic rings. The Labute approximate surface area is 143 Å². The molecule has 0 saturated carbocycles. The second kappa shape index (κ2) is 5.22. The molecule has 0 radical (unpaired) electrons. The molecule has 0 spiro atoms. The van der Waals surface area contributed by atoms with E-state index in [9.17, 15) is 4.39 Å². The third kappa shape index (κ3) is 2.00. The number of aromatic nitrogens is 5. The average Bonchev–Trinajstić information content (AvgIpc) is 3.15. The van der Waals surface area contributed by atoms with Gasteiger partial charge in [-0.05, 0) is 36.0 Å². The molecule has 24 heavy (non-hydrogen) atoms. The summed E-state index contributed by atoms with van der Waals surface area (Å²) in [5, 5.41) is 10.1. The number of thiazole rings is 1. The molecule has 0 aliphatic heterocycles. The zero-order chi connectivity index (χ0) is 16.1. The van der Waals surface area contributed by atoms with Crippen molar-refractivity contribution >= 4 is 49.2 Å². The first-order valence-electron chi connectivity index (χ1n) is 7.11. The molecule has 116 valence electrons. The van der Waals surface area contributed by atoms with Gasteiger partial charge >= 0.3 is 0 Å². The van der Waals surface area contributed by atoms with E-state index < -0.39 is 0 Å². The molecular weight excluding hydrogens is 345 g/mol. The van der Waals surface area contributed by atoms with Crippen LogP contribution in [0.15, 0.2) is 59.0 Å². The van der Waals surface area contributed by atoms with E-state index in [4.69, 9.17) is 0 Å². The Hall–Kier alpha value is -2.58. The molecule has 0 N–H and O–H groups in total. The predicted octanol–water partition coefficient (Wildman–Crippen LogP) is 4.18. The van der Waals surface area contributed by atoms with E-state index in [0.29, 0.717) is 21.1 Å². The third-order valence-corrected chi connectivity index (χ3v) is 5.64. The lowest BCUT2D eigenvalue weighted by molar-refractivity contribution is 0.636. The topological polar surface area (TPSA) is 56.0 Å². The fourth-order valence-electron chi connectivity index (χ4n) is 2.63. The Morgan fingerprint density at radius 3 is 2.88 bits per heavy atom. The summed E-state index contributed by atoms with van der Waals surface area (Å²) in [5.74, 6) is -0.341. The van der Waals surface area contributed by atoms with Crippen LogP contribution in [0.4, 0.5) is 4.39 Å². The highest BCUT2D eigenvalue weighted by Gasteiger charge is 2.16. The number of hydrogen-bond donors (Lipinski definition) is 0. The fraction of sp³-hybridized carbons (Fsp3) is 0. The standard InChI is InChI=1S/C16H8FN5S2/c17-9-4-3-5-10-13(9)14(19-8-18-10)24-16-21-20-15-22(16)11-6-1-2-7-12(11)23-15/h1-8H. The lowest BCUT2D eigenvalue weighted by Crippen LogP contribution is -1.92. The Kier molecular flexibility index (Phi) is 3.00. The van der Waals surface area contributed by atoms with E-state index in [2.05, 4.69) is 20.2 Å². The zero-order valence-corrected chi connectivity index (χ0v) is 13.7. The highest BCUT2D eigenvalue weighted by atomic mass is 32.2. The number of benzene rings is 2. The normalized spacial score (nSPS) is 11.7. The number of rotatable bonds is 2. The number of fused-ring (bicyclic) bond motifs is 4. The van der Waals surface area contributed by atoms with Gasteiger partial charge in [-0.25, -0.2) is 14.4 Å². The van der Waals surface area contributed by atoms with Gasteiger partial charge in [-0.2, -0.15) is 0 Å². The van der Waals surface area contributed by atoms with Gasteiger partial charge in [0.15, 0.2) is 0 Å². The molecule has 5 rings (SSSR count). The second-order valence-electron chi connectivity index (χ2n) is 5.09. The lowest BCUT2D eigenvalue weighted by atomic mass is 10.2. The van der Waals surface area contributed by atoms with Gasteiger partial charge in [0.25, 0.3) is 0 Å². The summed E-state index contributed by atoms with van der Waals surface area (Å²) in [4.78, 5) is 9.18. The van der Waals surface area contributed by atoms with Gasteiger partial charge in [0.05, 0.1) is 21.1 Å². The van der Waals surface area contributed by atoms with Crippen molar-refractivity contribution in [3.05, 3.63) is 54.6 Å². The summed E-state index contributed by atoms with van der Waals surface area (Å²) in [6, 6.07) is 12.8. The lowest BCUT2D eigenvalue weighted by Gasteiger charge is -2.04. The van der Waals surface area contributed by atoms with Crippen molar-refractivity contribution in [2.75, 3.05) is 0 Å². The van der Waals surface area contributed by atoms with Gasteiger partial charge in [0.1, 0.15) is 17.2 Å². The molecule has 0 unspecified atom stereocenters. The maximum atomic E-state index is 14.2. The van der Waals surface area contributed by atoms with Crippen LogP contribution in [0.2, 0.25) is 0 Å². The van der Waals surface area contributed by atoms with Crippen LogP contribution in [0.5, 0.6) is 0 Å². The minimum absolute atomic E-state index is 0.341. The van der Waals surface area contributed by atoms with Crippen LogP contribution in [0.1, 0.15) is 0 Å². The van der Waals surface area contributed by atoms with E-state index in [1.807, 2.05) is 28.7 Å². The molecule has 0 amide bonds. The fourth-order valence-corrected chi connectivity index (χ4v) is 4.58. The first kappa shape index (κ1) is 13.8. The number of hydrogen-bond acceptors (Lipinski definition) is 6. The van der Waals surface area contributed by atoms with Crippen LogP contribution in [0, 0.1) is 5.82 Å². The predicted molar refractivity (Wildman–Crippen MR) is 92.0 cm³/mol. The molecule has 3 aromatic heterocycles. The van der Waals surface area contributed by atoms with Crippen molar-refractivity contribution in [2.45, 2.75) is 10.2 Å². The number of halogens is 1. The largest absolute Gasteiger partial charge is 0.260 e. The summed E-state index contributed by atoms with van der Waals surface area (Å²) in [6.07, 6.45) is 1.44. The summed E-state index contributed by atoms with van der Waals surface area (Å²) in [7, 11) is 0. The summed E-state index contributed by atoms with van der Waals surface area (Å²) < 4.78 is 17.3. The molecule has 0 bridgehead atoms. The maximum absolute atomic E-state index is 14.2. The SMILES string of the molecule is Fc1cccc2ncnc(Sc3nnc4sc5ccccc5n34)c12. The van der Waals surface area contributed by atoms with Gasteiger partial charge in [-0.3, -0.25) is 4.40 Å². The monoisotopic (exact) mass is 353 g/mol. The Morgan fingerprint density at radius 1 is 1.00 bits per heavy atom. The number of para-hydroxylation sites is 1. The molecule has 5 nitrogen and oxygen atoms in total. The molecule has 2 aromatic carbocycles. The van der Waals surface area contributed by atoms with Crippen LogP contribution in [-0.2, 0) is 0 Å². The van der Waals surface area contributed by atoms with E-state index in [-0.39, 0.29) is 5.82 Å². The van der Waals surface area contributed by atoms with Crippen LogP contribution in [0.25, 0.3) is 26.1 Å². The first-order valence-corrected chi connectivity index (χ1v) is 8.74. The van der Waals surface area contributed by atoms with E-state index in [0.717, 1.165) is 15.2 Å². The van der Waals surface area contributed by atoms with Crippen LogP contribution < -0.4 is 0 Å². The molecule has 0 fully saturated rings. The highest BCUT2D eigenvalue weighted by molar-refractivity contribution is 7.99. The van der Waals surface area contributed by atoms with Crippen LogP contribution in [0.3, 0.4) is 0 Å². The summed E-state index contributed by atoms with van der Waals surface area (Å²) in [6.45, 7) is 0.